The van der Waals surface area contributed by atoms with Crippen molar-refractivity contribution in [2.75, 3.05) is 12.8 Å². The summed E-state index contributed by atoms with van der Waals surface area (Å²) in [4.78, 5) is 0.791. The first kappa shape index (κ1) is 11.7. The highest BCUT2D eigenvalue weighted by Crippen LogP contribution is 2.14. The highest BCUT2D eigenvalue weighted by atomic mass is 35.5. The lowest BCUT2D eigenvalue weighted by Crippen LogP contribution is -2.27. The van der Waals surface area contributed by atoms with Crippen molar-refractivity contribution in [3.05, 3.63) is 29.3 Å². The van der Waals surface area contributed by atoms with Crippen LogP contribution >= 0.6 is 11.6 Å². The average molecular weight is 232 g/mol. The number of hydrogen-bond donors (Lipinski definition) is 1. The van der Waals surface area contributed by atoms with Crippen LogP contribution in [0, 0.1) is 0 Å². The SMILES string of the molecule is CNC(C)CS(=O)c1cccc(Cl)c1. The zero-order chi connectivity index (χ0) is 10.6. The molecular weight excluding hydrogens is 218 g/mol. The second-order valence-corrected chi connectivity index (χ2v) is 5.09. The van der Waals surface area contributed by atoms with Crippen LogP contribution in [0.2, 0.25) is 5.02 Å². The molecule has 0 aliphatic rings. The fraction of sp³-hybridized carbons (Fsp3) is 0.400. The summed E-state index contributed by atoms with van der Waals surface area (Å²) < 4.78 is 11.8. The molecule has 0 amide bonds. The van der Waals surface area contributed by atoms with E-state index in [1.54, 1.807) is 12.1 Å². The Hall–Kier alpha value is -0.380. The van der Waals surface area contributed by atoms with Crippen molar-refractivity contribution in [3.63, 3.8) is 0 Å². The van der Waals surface area contributed by atoms with Crippen molar-refractivity contribution in [2.45, 2.75) is 17.9 Å². The van der Waals surface area contributed by atoms with Crippen molar-refractivity contribution in [1.82, 2.24) is 5.32 Å². The Labute approximate surface area is 92.1 Å². The van der Waals surface area contributed by atoms with Crippen LogP contribution in [0.15, 0.2) is 29.2 Å². The van der Waals surface area contributed by atoms with E-state index in [1.807, 2.05) is 26.1 Å². The minimum absolute atomic E-state index is 0.245. The summed E-state index contributed by atoms with van der Waals surface area (Å²) in [6.45, 7) is 2.00. The van der Waals surface area contributed by atoms with Gasteiger partial charge in [0.15, 0.2) is 0 Å². The maximum Gasteiger partial charge on any atom is 0.0545 e. The Morgan fingerprint density at radius 2 is 2.29 bits per heavy atom. The lowest BCUT2D eigenvalue weighted by Gasteiger charge is -2.09. The number of halogens is 1. The normalized spacial score (nSPS) is 15.1. The highest BCUT2D eigenvalue weighted by Gasteiger charge is 2.07. The van der Waals surface area contributed by atoms with Crippen LogP contribution < -0.4 is 5.32 Å². The Morgan fingerprint density at radius 1 is 1.57 bits per heavy atom. The first-order valence-electron chi connectivity index (χ1n) is 4.44. The van der Waals surface area contributed by atoms with Gasteiger partial charge in [0.2, 0.25) is 0 Å². The molecule has 0 spiro atoms. The van der Waals surface area contributed by atoms with Crippen molar-refractivity contribution in [2.24, 2.45) is 0 Å². The van der Waals surface area contributed by atoms with Gasteiger partial charge in [-0.05, 0) is 32.2 Å². The average Bonchev–Trinajstić information content (AvgIpc) is 2.17. The van der Waals surface area contributed by atoms with E-state index in [2.05, 4.69) is 5.32 Å². The first-order valence-corrected chi connectivity index (χ1v) is 6.14. The molecule has 2 unspecified atom stereocenters. The molecule has 2 nitrogen and oxygen atoms in total. The molecule has 1 aromatic rings. The largest absolute Gasteiger partial charge is 0.316 e. The molecule has 0 saturated heterocycles. The minimum Gasteiger partial charge on any atom is -0.316 e. The number of nitrogens with one attached hydrogen (secondary N) is 1. The van der Waals surface area contributed by atoms with E-state index in [9.17, 15) is 4.21 Å². The predicted octanol–water partition coefficient (Wildman–Crippen LogP) is 2.06. The Bertz CT molecular complexity index is 330. The number of benzene rings is 1. The van der Waals surface area contributed by atoms with E-state index in [0.717, 1.165) is 4.90 Å². The van der Waals surface area contributed by atoms with Gasteiger partial charge in [0.25, 0.3) is 0 Å². The third kappa shape index (κ3) is 3.40. The van der Waals surface area contributed by atoms with Gasteiger partial charge in [-0.15, -0.1) is 0 Å². The number of rotatable bonds is 4. The van der Waals surface area contributed by atoms with Crippen LogP contribution in [0.25, 0.3) is 0 Å². The van der Waals surface area contributed by atoms with E-state index in [4.69, 9.17) is 11.6 Å². The van der Waals surface area contributed by atoms with Crippen LogP contribution in [0.5, 0.6) is 0 Å². The molecule has 4 heteroatoms. The first-order chi connectivity index (χ1) is 6.63. The van der Waals surface area contributed by atoms with Crippen LogP contribution in [0.4, 0.5) is 0 Å². The standard InChI is InChI=1S/C10H14ClNOS/c1-8(12-2)7-14(13)10-5-3-4-9(11)6-10/h3-6,8,12H,7H2,1-2H3. The lowest BCUT2D eigenvalue weighted by atomic mass is 10.4. The molecule has 14 heavy (non-hydrogen) atoms. The summed E-state index contributed by atoms with van der Waals surface area (Å²) in [6.07, 6.45) is 0. The van der Waals surface area contributed by atoms with E-state index in [0.29, 0.717) is 10.8 Å². The van der Waals surface area contributed by atoms with Crippen molar-refractivity contribution >= 4 is 22.4 Å². The Balaban J connectivity index is 2.70. The Morgan fingerprint density at radius 3 is 2.86 bits per heavy atom. The summed E-state index contributed by atoms with van der Waals surface area (Å²) in [5.41, 5.74) is 0. The molecule has 0 saturated carbocycles. The van der Waals surface area contributed by atoms with E-state index >= 15 is 0 Å². The fourth-order valence-electron chi connectivity index (χ4n) is 1.02. The van der Waals surface area contributed by atoms with E-state index in [1.165, 1.54) is 0 Å². The van der Waals surface area contributed by atoms with Crippen molar-refractivity contribution in [3.8, 4) is 0 Å². The smallest absolute Gasteiger partial charge is 0.0545 e. The topological polar surface area (TPSA) is 29.1 Å². The van der Waals surface area contributed by atoms with E-state index < -0.39 is 10.8 Å². The number of hydrogen-bond acceptors (Lipinski definition) is 2. The minimum atomic E-state index is -0.971. The summed E-state index contributed by atoms with van der Waals surface area (Å²) in [5.74, 6) is 0.608. The molecule has 78 valence electrons. The molecule has 0 aliphatic heterocycles. The zero-order valence-electron chi connectivity index (χ0n) is 8.29. The van der Waals surface area contributed by atoms with Gasteiger partial charge in [-0.2, -0.15) is 0 Å². The molecule has 2 atom stereocenters. The van der Waals surface area contributed by atoms with Crippen LogP contribution in [0.3, 0.4) is 0 Å². The molecule has 1 rings (SSSR count). The summed E-state index contributed by atoms with van der Waals surface area (Å²) >= 11 is 5.81. The molecule has 1 N–H and O–H groups in total. The maximum atomic E-state index is 11.8. The molecule has 0 heterocycles. The van der Waals surface area contributed by atoms with Gasteiger partial charge >= 0.3 is 0 Å². The van der Waals surface area contributed by atoms with Crippen LogP contribution in [0.1, 0.15) is 6.92 Å². The maximum absolute atomic E-state index is 11.8. The molecule has 1 aromatic carbocycles. The van der Waals surface area contributed by atoms with Crippen molar-refractivity contribution < 1.29 is 4.21 Å². The molecule has 0 bridgehead atoms. The van der Waals surface area contributed by atoms with Gasteiger partial charge < -0.3 is 5.32 Å². The van der Waals surface area contributed by atoms with E-state index in [-0.39, 0.29) is 6.04 Å². The van der Waals surface area contributed by atoms with Crippen molar-refractivity contribution in [1.29, 1.82) is 0 Å². The van der Waals surface area contributed by atoms with Crippen LogP contribution in [-0.2, 0) is 10.8 Å². The van der Waals surface area contributed by atoms with Crippen LogP contribution in [-0.4, -0.2) is 23.1 Å². The van der Waals surface area contributed by atoms with Gasteiger partial charge in [0, 0.05) is 21.7 Å². The fourth-order valence-corrected chi connectivity index (χ4v) is 2.57. The zero-order valence-corrected chi connectivity index (χ0v) is 9.86. The third-order valence-electron chi connectivity index (χ3n) is 1.95. The molecular formula is C10H14ClNOS. The lowest BCUT2D eigenvalue weighted by molar-refractivity contribution is 0.646. The quantitative estimate of drug-likeness (QED) is 0.860. The predicted molar refractivity (Wildman–Crippen MR) is 61.2 cm³/mol. The molecule has 0 fully saturated rings. The summed E-state index contributed by atoms with van der Waals surface area (Å²) in [7, 11) is 0.890. The van der Waals surface area contributed by atoms with Gasteiger partial charge in [-0.25, -0.2) is 0 Å². The monoisotopic (exact) mass is 231 g/mol. The molecule has 0 aliphatic carbocycles. The van der Waals surface area contributed by atoms with Gasteiger partial charge in [-0.1, -0.05) is 17.7 Å². The Kier molecular flexibility index (Phi) is 4.58. The van der Waals surface area contributed by atoms with Gasteiger partial charge in [0.1, 0.15) is 0 Å². The second-order valence-electron chi connectivity index (χ2n) is 3.16. The highest BCUT2D eigenvalue weighted by molar-refractivity contribution is 7.85. The summed E-state index contributed by atoms with van der Waals surface area (Å²) in [6, 6.07) is 7.43. The molecule has 0 aromatic heterocycles. The molecule has 0 radical (unpaired) electrons. The third-order valence-corrected chi connectivity index (χ3v) is 3.77. The van der Waals surface area contributed by atoms with Gasteiger partial charge in [-0.3, -0.25) is 4.21 Å². The summed E-state index contributed by atoms with van der Waals surface area (Å²) in [5, 5.41) is 3.69. The second kappa shape index (κ2) is 5.49. The van der Waals surface area contributed by atoms with Gasteiger partial charge in [0.05, 0.1) is 10.8 Å².